The Bertz CT molecular complexity index is 4930. The number of benzene rings is 12. The number of anilines is 3. The molecule has 12 aromatic rings. The summed E-state index contributed by atoms with van der Waals surface area (Å²) in [5.41, 5.74) is 41.0. The van der Waals surface area contributed by atoms with E-state index in [0.29, 0.717) is 0 Å². The highest BCUT2D eigenvalue weighted by Crippen LogP contribution is 2.61. The summed E-state index contributed by atoms with van der Waals surface area (Å²) in [4.78, 5) is 2.59. The first-order valence-electron chi connectivity index (χ1n) is 33.5. The molecule has 6 aliphatic carbocycles. The van der Waals surface area contributed by atoms with Gasteiger partial charge in [-0.25, -0.2) is 0 Å². The molecule has 452 valence electrons. The normalized spacial score (nSPS) is 16.5. The lowest BCUT2D eigenvalue weighted by Gasteiger charge is -2.32. The second-order valence-corrected chi connectivity index (χ2v) is 30.7. The zero-order valence-corrected chi connectivity index (χ0v) is 56.4. The van der Waals surface area contributed by atoms with Gasteiger partial charge in [-0.2, -0.15) is 0 Å². The van der Waals surface area contributed by atoms with Crippen molar-refractivity contribution in [2.45, 2.75) is 136 Å². The smallest absolute Gasteiger partial charge is 0.0543 e. The summed E-state index contributed by atoms with van der Waals surface area (Å²) in [7, 11) is 0. The molecule has 6 aliphatic rings. The Morgan fingerprint density at radius 2 is 0.478 bits per heavy atom. The Kier molecular flexibility index (Phi) is 12.5. The van der Waals surface area contributed by atoms with Crippen LogP contribution in [0.2, 0.25) is 0 Å². The monoisotopic (exact) mass is 1190 g/mol. The van der Waals surface area contributed by atoms with Gasteiger partial charge in [-0.1, -0.05) is 288 Å². The topological polar surface area (TPSA) is 3.24 Å². The number of rotatable bonds is 3. The van der Waals surface area contributed by atoms with Crippen LogP contribution in [0.1, 0.15) is 167 Å². The van der Waals surface area contributed by atoms with Gasteiger partial charge in [0.2, 0.25) is 0 Å². The molecule has 0 aliphatic heterocycles. The first-order chi connectivity index (χ1) is 43.9. The van der Waals surface area contributed by atoms with E-state index >= 15 is 0 Å². The molecule has 0 bridgehead atoms. The van der Waals surface area contributed by atoms with Gasteiger partial charge in [0.1, 0.15) is 0 Å². The predicted molar refractivity (Wildman–Crippen MR) is 391 cm³/mol. The van der Waals surface area contributed by atoms with Gasteiger partial charge < -0.3 is 4.90 Å². The molecule has 12 aromatic carbocycles. The fourth-order valence-corrected chi connectivity index (χ4v) is 17.8. The third kappa shape index (κ3) is 8.16. The van der Waals surface area contributed by atoms with E-state index in [1.165, 1.54) is 178 Å². The molecule has 0 saturated heterocycles. The van der Waals surface area contributed by atoms with E-state index in [-0.39, 0.29) is 32.5 Å². The second kappa shape index (κ2) is 19.9. The largest absolute Gasteiger partial charge is 0.310 e. The Morgan fingerprint density at radius 3 is 0.880 bits per heavy atom. The summed E-state index contributed by atoms with van der Waals surface area (Å²) in [6, 6.07) is 87.5. The van der Waals surface area contributed by atoms with Crippen molar-refractivity contribution in [3.63, 3.8) is 0 Å². The van der Waals surface area contributed by atoms with Crippen LogP contribution in [0.5, 0.6) is 0 Å². The molecule has 0 fully saturated rings. The van der Waals surface area contributed by atoms with E-state index in [9.17, 15) is 0 Å². The Balaban J connectivity index is 0.000000169. The van der Waals surface area contributed by atoms with Crippen molar-refractivity contribution in [2.24, 2.45) is 0 Å². The Labute approximate surface area is 546 Å². The fourth-order valence-electron chi connectivity index (χ4n) is 17.8. The van der Waals surface area contributed by atoms with Crippen LogP contribution in [0.25, 0.3) is 77.5 Å². The Hall–Kier alpha value is -9.30. The van der Waals surface area contributed by atoms with Crippen molar-refractivity contribution in [2.75, 3.05) is 4.90 Å². The molecule has 92 heavy (non-hydrogen) atoms. The van der Waals surface area contributed by atoms with Gasteiger partial charge in [0.25, 0.3) is 0 Å². The van der Waals surface area contributed by atoms with E-state index in [4.69, 9.17) is 0 Å². The molecule has 0 saturated carbocycles. The first-order valence-corrected chi connectivity index (χ1v) is 33.5. The van der Waals surface area contributed by atoms with Gasteiger partial charge in [-0.05, 0) is 202 Å². The van der Waals surface area contributed by atoms with E-state index < -0.39 is 0 Å². The zero-order valence-electron chi connectivity index (χ0n) is 56.4. The summed E-state index contributed by atoms with van der Waals surface area (Å²) in [6.45, 7) is 35.1. The first kappa shape index (κ1) is 57.8. The standard InChI is InChI=1S/C59H51N.2C16H16/c1-34-22-25-41-44-31-52-45(32-51(44)58(6,7)48(41)28-34)55-43-19-11-10-18-42(43)54(33-53(55)59(52,8)9)60(35-23-26-39-37-16-12-14-20-46(37)56(2,3)49(39)29-35)36-24-27-40-38-17-13-15-21-47(38)57(4,5)50(40)30-36;2*1-11-8-9-13-12-6-4-5-7-14(12)16(2,3)15(13)10-11/h10-33H,1-9H3;2*4-10H,1-3H3. The average Bonchev–Trinajstić information content (AvgIpc) is 1.46. The summed E-state index contributed by atoms with van der Waals surface area (Å²) in [5, 5.41) is 2.58. The van der Waals surface area contributed by atoms with E-state index in [0.717, 1.165) is 0 Å². The molecular weight excluding hydrogens is 1110 g/mol. The van der Waals surface area contributed by atoms with Gasteiger partial charge >= 0.3 is 0 Å². The van der Waals surface area contributed by atoms with E-state index in [2.05, 4.69) is 339 Å². The van der Waals surface area contributed by atoms with Crippen LogP contribution in [0, 0.1) is 20.8 Å². The molecule has 18 rings (SSSR count). The molecule has 0 N–H and O–H groups in total. The van der Waals surface area contributed by atoms with E-state index in [1.807, 2.05) is 0 Å². The summed E-state index contributed by atoms with van der Waals surface area (Å²) < 4.78 is 0. The quantitative estimate of drug-likeness (QED) is 0.170. The lowest BCUT2D eigenvalue weighted by molar-refractivity contribution is 0.652. The molecule has 0 unspecified atom stereocenters. The maximum absolute atomic E-state index is 2.59. The van der Waals surface area contributed by atoms with Crippen molar-refractivity contribution in [3.05, 3.63) is 314 Å². The molecule has 0 heterocycles. The molecule has 0 radical (unpaired) electrons. The maximum atomic E-state index is 2.59. The van der Waals surface area contributed by atoms with Crippen LogP contribution in [0.15, 0.2) is 231 Å². The van der Waals surface area contributed by atoms with Crippen LogP contribution in [-0.2, 0) is 32.5 Å². The third-order valence-corrected chi connectivity index (χ3v) is 23.0. The number of fused-ring (bicyclic) bond motifs is 20. The lowest BCUT2D eigenvalue weighted by atomic mass is 9.79. The van der Waals surface area contributed by atoms with Gasteiger partial charge in [-0.3, -0.25) is 0 Å². The molecule has 0 spiro atoms. The summed E-state index contributed by atoms with van der Waals surface area (Å²) in [5.74, 6) is 0. The van der Waals surface area contributed by atoms with Gasteiger partial charge in [0, 0.05) is 49.3 Å². The minimum atomic E-state index is -0.217. The molecule has 0 amide bonds. The zero-order chi connectivity index (χ0) is 63.9. The van der Waals surface area contributed by atoms with Crippen molar-refractivity contribution in [3.8, 4) is 66.8 Å². The lowest BCUT2D eigenvalue weighted by Crippen LogP contribution is -2.19. The number of aryl methyl sites for hydroxylation is 3. The maximum Gasteiger partial charge on any atom is 0.0543 e. The molecule has 1 nitrogen and oxygen atoms in total. The third-order valence-electron chi connectivity index (χ3n) is 23.0. The highest BCUT2D eigenvalue weighted by Gasteiger charge is 2.45. The van der Waals surface area contributed by atoms with Crippen LogP contribution in [0.3, 0.4) is 0 Å². The average molecular weight is 1190 g/mol. The Morgan fingerprint density at radius 1 is 0.207 bits per heavy atom. The number of nitrogens with zero attached hydrogens (tertiary/aromatic N) is 1. The van der Waals surface area contributed by atoms with Crippen LogP contribution >= 0.6 is 0 Å². The van der Waals surface area contributed by atoms with E-state index in [1.54, 1.807) is 0 Å². The molecular formula is C91H83N. The van der Waals surface area contributed by atoms with Crippen molar-refractivity contribution >= 4 is 27.8 Å². The summed E-state index contributed by atoms with van der Waals surface area (Å²) in [6.07, 6.45) is 0. The highest BCUT2D eigenvalue weighted by atomic mass is 15.1. The van der Waals surface area contributed by atoms with Crippen molar-refractivity contribution in [1.29, 1.82) is 0 Å². The minimum absolute atomic E-state index is 0.0762. The molecule has 0 aromatic heterocycles. The minimum Gasteiger partial charge on any atom is -0.310 e. The van der Waals surface area contributed by atoms with Gasteiger partial charge in [0.15, 0.2) is 0 Å². The van der Waals surface area contributed by atoms with Crippen molar-refractivity contribution in [1.82, 2.24) is 0 Å². The van der Waals surface area contributed by atoms with Crippen LogP contribution in [-0.4, -0.2) is 0 Å². The molecule has 0 atom stereocenters. The van der Waals surface area contributed by atoms with Crippen LogP contribution in [0.4, 0.5) is 17.1 Å². The van der Waals surface area contributed by atoms with Crippen LogP contribution < -0.4 is 4.90 Å². The summed E-state index contributed by atoms with van der Waals surface area (Å²) >= 11 is 0. The predicted octanol–water partition coefficient (Wildman–Crippen LogP) is 24.4. The SMILES string of the molecule is Cc1ccc2c(c1)C(C)(C)c1cc3c(cc1-2)C(C)(C)c1cc(N(c2ccc4c(c2)C(C)(C)c2ccccc2-4)c2ccc4c(c2)C(C)(C)c2ccccc2-4)c2ccccc2c1-3.Cc1ccc2c(c1)C(C)(C)c1ccccc1-2.Cc1ccc2c(c1)C(C)(C)c1ccccc1-2. The van der Waals surface area contributed by atoms with Crippen molar-refractivity contribution < 1.29 is 0 Å². The number of hydrogen-bond acceptors (Lipinski definition) is 1. The number of hydrogen-bond donors (Lipinski definition) is 0. The second-order valence-electron chi connectivity index (χ2n) is 30.7. The van der Waals surface area contributed by atoms with Gasteiger partial charge in [0.05, 0.1) is 5.69 Å². The molecule has 1 heteroatoms. The highest BCUT2D eigenvalue weighted by molar-refractivity contribution is 6.11. The fraction of sp³-hybridized carbons (Fsp3) is 0.231. The van der Waals surface area contributed by atoms with Gasteiger partial charge in [-0.15, -0.1) is 0 Å².